The quantitative estimate of drug-likeness (QED) is 0.396. The number of thioether (sulfide) groups is 1. The van der Waals surface area contributed by atoms with Crippen molar-refractivity contribution in [2.24, 2.45) is 0 Å². The first-order chi connectivity index (χ1) is 17.0. The van der Waals surface area contributed by atoms with Crippen LogP contribution < -0.4 is 15.5 Å². The number of carbonyl (C=O) groups is 1. The number of hydrogen-bond acceptors (Lipinski definition) is 6. The van der Waals surface area contributed by atoms with Gasteiger partial charge in [0.2, 0.25) is 11.1 Å². The Morgan fingerprint density at radius 2 is 1.83 bits per heavy atom. The Bertz CT molecular complexity index is 1340. The second-order valence-corrected chi connectivity index (χ2v) is 9.38. The second-order valence-electron chi connectivity index (χ2n) is 8.27. The summed E-state index contributed by atoms with van der Waals surface area (Å²) in [5.41, 5.74) is 7.01. The van der Waals surface area contributed by atoms with Gasteiger partial charge in [0.25, 0.3) is 0 Å². The molecule has 0 unspecified atom stereocenters. The van der Waals surface area contributed by atoms with Crippen LogP contribution in [0.5, 0.6) is 5.75 Å². The number of benzene rings is 3. The molecule has 4 aromatic rings. The molecule has 2 N–H and O–H groups in total. The molecule has 7 nitrogen and oxygen atoms in total. The number of amides is 1. The lowest BCUT2D eigenvalue weighted by atomic mass is 10.0. The van der Waals surface area contributed by atoms with Gasteiger partial charge in [0, 0.05) is 5.69 Å². The van der Waals surface area contributed by atoms with Crippen LogP contribution >= 0.6 is 11.8 Å². The number of rotatable bonds is 6. The number of ether oxygens (including phenoxy) is 1. The molecule has 1 aromatic heterocycles. The van der Waals surface area contributed by atoms with Gasteiger partial charge in [-0.05, 0) is 60.9 Å². The van der Waals surface area contributed by atoms with Crippen molar-refractivity contribution in [3.63, 3.8) is 0 Å². The summed E-state index contributed by atoms with van der Waals surface area (Å²) in [7, 11) is 0. The van der Waals surface area contributed by atoms with Gasteiger partial charge < -0.3 is 15.5 Å². The summed E-state index contributed by atoms with van der Waals surface area (Å²) >= 11 is 1.31. The Morgan fingerprint density at radius 1 is 1.06 bits per heavy atom. The highest BCUT2D eigenvalue weighted by Gasteiger charge is 2.38. The summed E-state index contributed by atoms with van der Waals surface area (Å²) in [6.45, 7) is 4.18. The van der Waals surface area contributed by atoms with Crippen LogP contribution in [-0.2, 0) is 11.4 Å². The van der Waals surface area contributed by atoms with Crippen LogP contribution in [0, 0.1) is 19.7 Å². The van der Waals surface area contributed by atoms with Crippen LogP contribution in [0.2, 0.25) is 0 Å². The predicted octanol–water partition coefficient (Wildman–Crippen LogP) is 5.01. The van der Waals surface area contributed by atoms with E-state index in [4.69, 9.17) is 4.74 Å². The fourth-order valence-corrected chi connectivity index (χ4v) is 4.97. The highest BCUT2D eigenvalue weighted by atomic mass is 32.2. The molecule has 0 saturated heterocycles. The average Bonchev–Trinajstić information content (AvgIpc) is 3.28. The first-order valence-electron chi connectivity index (χ1n) is 11.2. The first-order valence-corrected chi connectivity index (χ1v) is 12.1. The maximum Gasteiger partial charge on any atom is 0.240 e. The number of anilines is 1. The molecule has 1 aliphatic heterocycles. The molecule has 0 spiro atoms. The van der Waals surface area contributed by atoms with E-state index in [0.29, 0.717) is 16.7 Å². The minimum absolute atomic E-state index is 0.179. The molecular formula is C26H24FN5O2S. The Kier molecular flexibility index (Phi) is 6.41. The van der Waals surface area contributed by atoms with Crippen molar-refractivity contribution in [2.45, 2.75) is 36.9 Å². The second kappa shape index (κ2) is 9.79. The number of aryl methyl sites for hydroxylation is 1. The molecule has 0 aliphatic carbocycles. The van der Waals surface area contributed by atoms with E-state index in [0.717, 1.165) is 22.4 Å². The predicted molar refractivity (Wildman–Crippen MR) is 133 cm³/mol. The van der Waals surface area contributed by atoms with Gasteiger partial charge in [0.15, 0.2) is 5.82 Å². The van der Waals surface area contributed by atoms with E-state index in [1.54, 1.807) is 16.8 Å². The summed E-state index contributed by atoms with van der Waals surface area (Å²) in [5.74, 6) is 0.767. The molecule has 0 fully saturated rings. The summed E-state index contributed by atoms with van der Waals surface area (Å²) in [6, 6.07) is 20.9. The monoisotopic (exact) mass is 489 g/mol. The maximum absolute atomic E-state index is 13.6. The molecule has 9 heteroatoms. The molecule has 178 valence electrons. The zero-order valence-corrected chi connectivity index (χ0v) is 20.1. The van der Waals surface area contributed by atoms with Crippen molar-refractivity contribution < 1.29 is 13.9 Å². The molecular weight excluding hydrogens is 465 g/mol. The fourth-order valence-electron chi connectivity index (χ4n) is 3.87. The van der Waals surface area contributed by atoms with Gasteiger partial charge in [-0.25, -0.2) is 9.07 Å². The van der Waals surface area contributed by atoms with Gasteiger partial charge in [-0.15, -0.1) is 10.2 Å². The fraction of sp³-hybridized carbons (Fsp3) is 0.192. The average molecular weight is 490 g/mol. The van der Waals surface area contributed by atoms with Crippen molar-refractivity contribution in [1.29, 1.82) is 0 Å². The number of nitrogens with one attached hydrogen (secondary N) is 2. The number of fused-ring (bicyclic) bond motifs is 1. The molecule has 1 amide bonds. The largest absolute Gasteiger partial charge is 0.486 e. The minimum Gasteiger partial charge on any atom is -0.486 e. The van der Waals surface area contributed by atoms with Gasteiger partial charge in [0.05, 0.1) is 6.04 Å². The lowest BCUT2D eigenvalue weighted by molar-refractivity contribution is -0.116. The number of carbonyl (C=O) groups excluding carboxylic acids is 1. The number of nitrogens with zero attached hydrogens (tertiary/aromatic N) is 3. The Labute approximate surface area is 206 Å². The third-order valence-corrected chi connectivity index (χ3v) is 7.18. The van der Waals surface area contributed by atoms with Crippen molar-refractivity contribution in [2.75, 3.05) is 10.7 Å². The smallest absolute Gasteiger partial charge is 0.240 e. The number of hydrogen-bond donors (Lipinski definition) is 2. The van der Waals surface area contributed by atoms with Gasteiger partial charge in [-0.3, -0.25) is 4.79 Å². The van der Waals surface area contributed by atoms with E-state index in [1.165, 1.54) is 23.9 Å². The molecule has 35 heavy (non-hydrogen) atoms. The van der Waals surface area contributed by atoms with Gasteiger partial charge in [-0.1, -0.05) is 54.2 Å². The molecule has 5 rings (SSSR count). The maximum atomic E-state index is 13.6. The Hall–Kier alpha value is -3.85. The standard InChI is InChI=1S/C26H24FN5O2S/c1-16-7-6-10-21(17(16)2)28-25(33)24-23(18-11-13-19(27)14-12-18)31-32-22(29-30-26(32)35-24)15-34-20-8-4-3-5-9-20/h3-14,23-24,31H,15H2,1-2H3,(H,28,33)/t23-,24+/m1/s1. The van der Waals surface area contributed by atoms with Gasteiger partial charge in [-0.2, -0.15) is 0 Å². The van der Waals surface area contributed by atoms with E-state index in [9.17, 15) is 9.18 Å². The summed E-state index contributed by atoms with van der Waals surface area (Å²) in [5, 5.41) is 11.6. The molecule has 1 aliphatic rings. The first kappa shape index (κ1) is 22.9. The molecule has 0 radical (unpaired) electrons. The molecule has 3 aromatic carbocycles. The van der Waals surface area contributed by atoms with Crippen LogP contribution in [0.1, 0.15) is 28.6 Å². The van der Waals surface area contributed by atoms with Crippen LogP contribution in [0.15, 0.2) is 78.0 Å². The zero-order valence-electron chi connectivity index (χ0n) is 19.2. The van der Waals surface area contributed by atoms with Crippen LogP contribution in [-0.4, -0.2) is 26.0 Å². The Balaban J connectivity index is 1.43. The van der Waals surface area contributed by atoms with Crippen LogP contribution in [0.25, 0.3) is 0 Å². The van der Waals surface area contributed by atoms with Crippen molar-refractivity contribution >= 4 is 23.4 Å². The summed E-state index contributed by atoms with van der Waals surface area (Å²) in [4.78, 5) is 13.5. The van der Waals surface area contributed by atoms with E-state index in [1.807, 2.05) is 62.4 Å². The number of para-hydroxylation sites is 1. The lowest BCUT2D eigenvalue weighted by Gasteiger charge is -2.33. The zero-order chi connectivity index (χ0) is 24.4. The number of halogens is 1. The van der Waals surface area contributed by atoms with Crippen LogP contribution in [0.3, 0.4) is 0 Å². The van der Waals surface area contributed by atoms with Crippen molar-refractivity contribution in [1.82, 2.24) is 14.9 Å². The normalized spacial score (nSPS) is 16.8. The highest BCUT2D eigenvalue weighted by Crippen LogP contribution is 2.38. The topological polar surface area (TPSA) is 81.1 Å². The lowest BCUT2D eigenvalue weighted by Crippen LogP contribution is -2.41. The van der Waals surface area contributed by atoms with E-state index in [2.05, 4.69) is 20.9 Å². The van der Waals surface area contributed by atoms with Crippen LogP contribution in [0.4, 0.5) is 10.1 Å². The SMILES string of the molecule is Cc1cccc(NC(=O)[C@H]2Sc3nnc(COc4ccccc4)n3N[C@@H]2c2ccc(F)cc2)c1C. The third kappa shape index (κ3) is 4.85. The van der Waals surface area contributed by atoms with E-state index < -0.39 is 11.3 Å². The van der Waals surface area contributed by atoms with Crippen molar-refractivity contribution in [3.8, 4) is 5.75 Å². The number of aromatic nitrogens is 3. The van der Waals surface area contributed by atoms with E-state index >= 15 is 0 Å². The summed E-state index contributed by atoms with van der Waals surface area (Å²) in [6.07, 6.45) is 0. The molecule has 0 saturated carbocycles. The highest BCUT2D eigenvalue weighted by molar-refractivity contribution is 8.00. The van der Waals surface area contributed by atoms with Gasteiger partial charge in [0.1, 0.15) is 23.4 Å². The summed E-state index contributed by atoms with van der Waals surface area (Å²) < 4.78 is 21.2. The van der Waals surface area contributed by atoms with Crippen molar-refractivity contribution in [3.05, 3.63) is 101 Å². The molecule has 0 bridgehead atoms. The molecule has 2 atom stereocenters. The third-order valence-electron chi connectivity index (χ3n) is 5.96. The van der Waals surface area contributed by atoms with E-state index in [-0.39, 0.29) is 18.3 Å². The Morgan fingerprint density at radius 3 is 2.60 bits per heavy atom. The molecule has 2 heterocycles. The minimum atomic E-state index is -0.569. The van der Waals surface area contributed by atoms with Gasteiger partial charge >= 0.3 is 0 Å².